The molecule has 2 unspecified atom stereocenters. The molecular weight excluding hydrogens is 426 g/mol. The number of amides is 1. The molecule has 5 rings (SSSR count). The summed E-state index contributed by atoms with van der Waals surface area (Å²) in [6.07, 6.45) is 4.88. The summed E-state index contributed by atoms with van der Waals surface area (Å²) in [6, 6.07) is 11.8. The van der Waals surface area contributed by atoms with Crippen LogP contribution in [0.1, 0.15) is 42.9 Å². The second kappa shape index (κ2) is 7.20. The first kappa shape index (κ1) is 20.8. The molecule has 2 aromatic heterocycles. The molecule has 1 saturated heterocycles. The van der Waals surface area contributed by atoms with Crippen LogP contribution in [0.2, 0.25) is 0 Å². The van der Waals surface area contributed by atoms with Crippen LogP contribution in [0.3, 0.4) is 0 Å². The molecule has 1 aromatic carbocycles. The molecule has 4 heterocycles. The molecule has 32 heavy (non-hydrogen) atoms. The van der Waals surface area contributed by atoms with Gasteiger partial charge in [0.05, 0.1) is 29.3 Å². The van der Waals surface area contributed by atoms with Gasteiger partial charge in [-0.2, -0.15) is 10.2 Å². The summed E-state index contributed by atoms with van der Waals surface area (Å²) in [7, 11) is 2.04. The Hall–Kier alpha value is -3.13. The largest absolute Gasteiger partial charge is 0.347 e. The van der Waals surface area contributed by atoms with Crippen molar-refractivity contribution in [3.63, 3.8) is 0 Å². The lowest BCUT2D eigenvalue weighted by Crippen LogP contribution is -2.70. The van der Waals surface area contributed by atoms with Gasteiger partial charge in [0.15, 0.2) is 5.69 Å². The fourth-order valence-electron chi connectivity index (χ4n) is 5.20. The van der Waals surface area contributed by atoms with Gasteiger partial charge >= 0.3 is 0 Å². The van der Waals surface area contributed by atoms with Crippen LogP contribution in [-0.4, -0.2) is 55.6 Å². The van der Waals surface area contributed by atoms with Gasteiger partial charge in [-0.05, 0) is 57.9 Å². The molecule has 3 aromatic rings. The Morgan fingerprint density at radius 2 is 1.72 bits per heavy atom. The van der Waals surface area contributed by atoms with Crippen molar-refractivity contribution in [1.82, 2.24) is 24.9 Å². The number of hydrogen-bond donors (Lipinski definition) is 0. The fraction of sp³-hybridized carbons (Fsp3) is 0.391. The highest BCUT2D eigenvalue weighted by Gasteiger charge is 2.61. The Morgan fingerprint density at radius 1 is 1.03 bits per heavy atom. The number of carbonyl (C=O) groups excluding carboxylic acids is 1. The maximum Gasteiger partial charge on any atom is 0.275 e. The zero-order valence-corrected chi connectivity index (χ0v) is 19.4. The Kier molecular flexibility index (Phi) is 4.67. The highest BCUT2D eigenvalue weighted by atomic mass is 35.5. The van der Waals surface area contributed by atoms with Crippen LogP contribution in [-0.2, 0) is 0 Å². The first-order valence-corrected chi connectivity index (χ1v) is 11.1. The normalized spacial score (nSPS) is 24.8. The number of likely N-dealkylation sites (tertiary alicyclic amines) is 1. The average molecular weight is 452 g/mol. The molecule has 9 heteroatoms. The number of halogens is 1. The summed E-state index contributed by atoms with van der Waals surface area (Å²) >= 11 is 6.98. The van der Waals surface area contributed by atoms with Gasteiger partial charge in [0, 0.05) is 31.1 Å². The van der Waals surface area contributed by atoms with Crippen LogP contribution < -0.4 is 9.32 Å². The first-order valence-electron chi connectivity index (χ1n) is 10.7. The van der Waals surface area contributed by atoms with Crippen molar-refractivity contribution >= 4 is 29.1 Å². The van der Waals surface area contributed by atoms with E-state index in [9.17, 15) is 4.79 Å². The van der Waals surface area contributed by atoms with E-state index >= 15 is 0 Å². The molecule has 1 amide bonds. The van der Waals surface area contributed by atoms with E-state index in [0.717, 1.165) is 29.9 Å². The van der Waals surface area contributed by atoms with Gasteiger partial charge in [-0.25, -0.2) is 4.98 Å². The minimum Gasteiger partial charge on any atom is -0.347 e. The Labute approximate surface area is 192 Å². The summed E-state index contributed by atoms with van der Waals surface area (Å²) in [4.78, 5) is 24.2. The molecule has 2 atom stereocenters. The minimum atomic E-state index is -0.654. The SMILES string of the molecule is Cc1ccc(-n2nccn2)c(C(=O)N2CCCC2(C)C2(C)N(C)c3ccccc3N2Cl)n1. The van der Waals surface area contributed by atoms with Crippen LogP contribution in [0.5, 0.6) is 0 Å². The van der Waals surface area contributed by atoms with Gasteiger partial charge in [-0.3, -0.25) is 9.21 Å². The number of rotatable bonds is 3. The molecule has 0 radical (unpaired) electrons. The highest BCUT2D eigenvalue weighted by Crippen LogP contribution is 2.54. The van der Waals surface area contributed by atoms with Gasteiger partial charge in [0.1, 0.15) is 11.4 Å². The predicted octanol–water partition coefficient (Wildman–Crippen LogP) is 3.79. The van der Waals surface area contributed by atoms with Crippen molar-refractivity contribution in [3.8, 4) is 5.69 Å². The number of likely N-dealkylation sites (N-methyl/N-ethyl adjacent to an activating group) is 1. The predicted molar refractivity (Wildman–Crippen MR) is 124 cm³/mol. The molecule has 2 aliphatic rings. The average Bonchev–Trinajstić information content (AvgIpc) is 3.51. The van der Waals surface area contributed by atoms with E-state index in [1.807, 2.05) is 49.2 Å². The van der Waals surface area contributed by atoms with Gasteiger partial charge in [0.25, 0.3) is 5.91 Å². The van der Waals surface area contributed by atoms with Gasteiger partial charge in [-0.15, -0.1) is 4.80 Å². The molecule has 166 valence electrons. The van der Waals surface area contributed by atoms with E-state index in [1.54, 1.807) is 16.8 Å². The van der Waals surface area contributed by atoms with E-state index in [0.29, 0.717) is 17.9 Å². The maximum absolute atomic E-state index is 14.0. The van der Waals surface area contributed by atoms with E-state index in [2.05, 4.69) is 40.0 Å². The van der Waals surface area contributed by atoms with Gasteiger partial charge < -0.3 is 9.80 Å². The summed E-state index contributed by atoms with van der Waals surface area (Å²) in [6.45, 7) is 6.73. The van der Waals surface area contributed by atoms with Crippen LogP contribution in [0.25, 0.3) is 5.69 Å². The lowest BCUT2D eigenvalue weighted by atomic mass is 9.83. The maximum atomic E-state index is 14.0. The Bertz CT molecular complexity index is 1150. The van der Waals surface area contributed by atoms with Crippen molar-refractivity contribution in [2.24, 2.45) is 0 Å². The lowest BCUT2D eigenvalue weighted by Gasteiger charge is -2.53. The molecule has 0 N–H and O–H groups in total. The lowest BCUT2D eigenvalue weighted by molar-refractivity contribution is 0.0460. The second-order valence-electron chi connectivity index (χ2n) is 8.82. The van der Waals surface area contributed by atoms with Crippen LogP contribution >= 0.6 is 11.8 Å². The number of aromatic nitrogens is 4. The van der Waals surface area contributed by atoms with Crippen molar-refractivity contribution < 1.29 is 4.79 Å². The third-order valence-electron chi connectivity index (χ3n) is 7.25. The Morgan fingerprint density at radius 3 is 2.41 bits per heavy atom. The molecule has 0 bridgehead atoms. The summed E-state index contributed by atoms with van der Waals surface area (Å²) in [5, 5.41) is 8.44. The van der Waals surface area contributed by atoms with Gasteiger partial charge in [0.2, 0.25) is 0 Å². The van der Waals surface area contributed by atoms with Crippen LogP contribution in [0.4, 0.5) is 11.4 Å². The number of carbonyl (C=O) groups is 1. The summed E-state index contributed by atoms with van der Waals surface area (Å²) in [5.41, 5.74) is 2.43. The first-order chi connectivity index (χ1) is 15.3. The van der Waals surface area contributed by atoms with Crippen molar-refractivity contribution in [2.45, 2.75) is 44.8 Å². The highest BCUT2D eigenvalue weighted by molar-refractivity contribution is 6.28. The number of nitrogens with zero attached hydrogens (tertiary/aromatic N) is 7. The van der Waals surface area contributed by atoms with E-state index in [-0.39, 0.29) is 5.91 Å². The van der Waals surface area contributed by atoms with Crippen molar-refractivity contribution in [3.05, 3.63) is 60.2 Å². The second-order valence-corrected chi connectivity index (χ2v) is 9.16. The number of anilines is 2. The zero-order valence-electron chi connectivity index (χ0n) is 18.7. The quantitative estimate of drug-likeness (QED) is 0.564. The van der Waals surface area contributed by atoms with Crippen molar-refractivity contribution in [2.75, 3.05) is 22.9 Å². The molecule has 1 fully saturated rings. The summed E-state index contributed by atoms with van der Waals surface area (Å²) < 4.78 is 1.79. The number of fused-ring (bicyclic) bond motifs is 1. The van der Waals surface area contributed by atoms with E-state index in [1.165, 1.54) is 4.80 Å². The minimum absolute atomic E-state index is 0.142. The molecule has 0 saturated carbocycles. The third-order valence-corrected chi connectivity index (χ3v) is 7.76. The molecule has 0 aliphatic carbocycles. The van der Waals surface area contributed by atoms with Crippen molar-refractivity contribution in [1.29, 1.82) is 0 Å². The Balaban J connectivity index is 1.59. The topological polar surface area (TPSA) is 70.4 Å². The monoisotopic (exact) mass is 451 g/mol. The van der Waals surface area contributed by atoms with Gasteiger partial charge in [-0.1, -0.05) is 12.1 Å². The fourth-order valence-corrected chi connectivity index (χ4v) is 5.64. The van der Waals surface area contributed by atoms with Crippen LogP contribution in [0, 0.1) is 6.92 Å². The number of hydrogen-bond acceptors (Lipinski definition) is 6. The number of aryl methyl sites for hydroxylation is 1. The zero-order chi connectivity index (χ0) is 22.7. The third kappa shape index (κ3) is 2.68. The molecular formula is C23H26ClN7O. The van der Waals surface area contributed by atoms with E-state index < -0.39 is 11.2 Å². The molecule has 0 spiro atoms. The number of benzene rings is 1. The van der Waals surface area contributed by atoms with Crippen LogP contribution in [0.15, 0.2) is 48.8 Å². The number of para-hydroxylation sites is 2. The standard InChI is InChI=1S/C23H26ClN7O/c1-16-10-11-19(31-25-13-14-26-31)20(27-16)21(32)29-15-7-12-22(29,2)23(3)28(4)17-8-5-6-9-18(17)30(23)24/h5-6,8-11,13-14H,7,12,15H2,1-4H3. The van der Waals surface area contributed by atoms with E-state index in [4.69, 9.17) is 11.8 Å². The molecule has 8 nitrogen and oxygen atoms in total. The molecule has 2 aliphatic heterocycles. The summed E-state index contributed by atoms with van der Waals surface area (Å²) in [5.74, 6) is -0.142. The smallest absolute Gasteiger partial charge is 0.275 e. The number of pyridine rings is 1.